The average molecular weight is 304 g/mol. The summed E-state index contributed by atoms with van der Waals surface area (Å²) in [6, 6.07) is 0. The second-order valence-electron chi connectivity index (χ2n) is 8.99. The van der Waals surface area contributed by atoms with Crippen LogP contribution in [0.5, 0.6) is 0 Å². The van der Waals surface area contributed by atoms with E-state index in [1.54, 1.807) is 0 Å². The maximum Gasteiger partial charge on any atom is 0.0920 e. The molecular formula is C20H32O2. The minimum Gasteiger partial charge on any atom is -0.386 e. The van der Waals surface area contributed by atoms with Crippen LogP contribution in [0.4, 0.5) is 0 Å². The van der Waals surface area contributed by atoms with E-state index in [9.17, 15) is 5.11 Å². The van der Waals surface area contributed by atoms with Crippen molar-refractivity contribution in [3.8, 4) is 0 Å². The Bertz CT molecular complexity index is 498. The van der Waals surface area contributed by atoms with Crippen LogP contribution in [0.3, 0.4) is 0 Å². The van der Waals surface area contributed by atoms with Crippen molar-refractivity contribution in [2.45, 2.75) is 84.0 Å². The molecule has 22 heavy (non-hydrogen) atoms. The second-order valence-corrected chi connectivity index (χ2v) is 8.99. The highest BCUT2D eigenvalue weighted by Crippen LogP contribution is 2.61. The first kappa shape index (κ1) is 16.3. The van der Waals surface area contributed by atoms with Crippen LogP contribution in [0, 0.1) is 17.3 Å². The Balaban J connectivity index is 1.73. The molecule has 2 nitrogen and oxygen atoms in total. The molecule has 2 heteroatoms. The Morgan fingerprint density at radius 3 is 2.64 bits per heavy atom. The molecule has 1 heterocycles. The van der Waals surface area contributed by atoms with E-state index >= 15 is 0 Å². The van der Waals surface area contributed by atoms with Gasteiger partial charge in [-0.25, -0.2) is 0 Å². The van der Waals surface area contributed by atoms with Crippen molar-refractivity contribution in [1.29, 1.82) is 0 Å². The van der Waals surface area contributed by atoms with Crippen molar-refractivity contribution < 1.29 is 9.84 Å². The van der Waals surface area contributed by atoms with E-state index in [0.717, 1.165) is 5.92 Å². The molecule has 2 saturated carbocycles. The molecule has 2 aliphatic carbocycles. The lowest BCUT2D eigenvalue weighted by Gasteiger charge is -2.33. The molecule has 5 atom stereocenters. The fourth-order valence-corrected chi connectivity index (χ4v) is 4.90. The lowest BCUT2D eigenvalue weighted by molar-refractivity contribution is 0.133. The molecule has 3 fully saturated rings. The number of fused-ring (bicyclic) bond motifs is 2. The zero-order valence-corrected chi connectivity index (χ0v) is 14.9. The van der Waals surface area contributed by atoms with Crippen LogP contribution in [0.1, 0.15) is 66.7 Å². The fourth-order valence-electron chi connectivity index (χ4n) is 4.90. The highest BCUT2D eigenvalue weighted by atomic mass is 16.6. The molecular weight excluding hydrogens is 272 g/mol. The molecule has 3 aliphatic rings. The fraction of sp³-hybridized carbons (Fsp3) is 0.800. The highest BCUT2D eigenvalue weighted by Gasteiger charge is 2.60. The maximum absolute atomic E-state index is 9.79. The third kappa shape index (κ3) is 3.05. The molecule has 0 unspecified atom stereocenters. The highest BCUT2D eigenvalue weighted by molar-refractivity contribution is 5.20. The van der Waals surface area contributed by atoms with E-state index in [2.05, 4.69) is 26.8 Å². The van der Waals surface area contributed by atoms with Crippen LogP contribution < -0.4 is 0 Å². The average Bonchev–Trinajstić information content (AvgIpc) is 2.89. The lowest BCUT2D eigenvalue weighted by Crippen LogP contribution is -2.26. The molecule has 124 valence electrons. The predicted molar refractivity (Wildman–Crippen MR) is 90.6 cm³/mol. The topological polar surface area (TPSA) is 32.8 Å². The van der Waals surface area contributed by atoms with E-state index in [1.807, 2.05) is 26.0 Å². The number of ether oxygens (including phenoxy) is 1. The van der Waals surface area contributed by atoms with E-state index in [1.165, 1.54) is 37.7 Å². The Morgan fingerprint density at radius 2 is 1.95 bits per heavy atom. The summed E-state index contributed by atoms with van der Waals surface area (Å²) in [7, 11) is 0. The van der Waals surface area contributed by atoms with E-state index in [-0.39, 0.29) is 5.60 Å². The van der Waals surface area contributed by atoms with Gasteiger partial charge in [0.1, 0.15) is 0 Å². The van der Waals surface area contributed by atoms with Crippen LogP contribution in [0.2, 0.25) is 0 Å². The Labute approximate surface area is 135 Å². The van der Waals surface area contributed by atoms with Gasteiger partial charge < -0.3 is 9.84 Å². The number of hydrogen-bond donors (Lipinski definition) is 1. The minimum absolute atomic E-state index is 0.191. The summed E-state index contributed by atoms with van der Waals surface area (Å²) in [5, 5.41) is 9.79. The van der Waals surface area contributed by atoms with Gasteiger partial charge in [-0.3, -0.25) is 0 Å². The summed E-state index contributed by atoms with van der Waals surface area (Å²) in [5.41, 5.74) is 1.40. The van der Waals surface area contributed by atoms with E-state index in [4.69, 9.17) is 4.74 Å². The molecule has 0 bridgehead atoms. The summed E-state index contributed by atoms with van der Waals surface area (Å²) >= 11 is 0. The van der Waals surface area contributed by atoms with Gasteiger partial charge in [-0.15, -0.1) is 0 Å². The van der Waals surface area contributed by atoms with Crippen LogP contribution in [0.25, 0.3) is 0 Å². The summed E-state index contributed by atoms with van der Waals surface area (Å²) < 4.78 is 5.96. The van der Waals surface area contributed by atoms with Gasteiger partial charge in [0.15, 0.2) is 0 Å². The largest absolute Gasteiger partial charge is 0.386 e. The summed E-state index contributed by atoms with van der Waals surface area (Å²) in [6.45, 7) is 10.7. The van der Waals surface area contributed by atoms with Gasteiger partial charge in [-0.05, 0) is 77.0 Å². The van der Waals surface area contributed by atoms with Gasteiger partial charge in [0.25, 0.3) is 0 Å². The van der Waals surface area contributed by atoms with Crippen LogP contribution >= 0.6 is 0 Å². The SMILES string of the molecule is C/C(=C/C=C\C(C)(C)O)[C@@H]1CC[C@]2(C)C[C@@H]3O[C@]3(C)CC[C@@H]12. The Hall–Kier alpha value is -0.600. The zero-order valence-electron chi connectivity index (χ0n) is 14.9. The van der Waals surface area contributed by atoms with Gasteiger partial charge in [-0.1, -0.05) is 30.7 Å². The van der Waals surface area contributed by atoms with Gasteiger partial charge in [0, 0.05) is 0 Å². The van der Waals surface area contributed by atoms with Crippen molar-refractivity contribution in [2.75, 3.05) is 0 Å². The molecule has 0 radical (unpaired) electrons. The van der Waals surface area contributed by atoms with Gasteiger partial charge in [-0.2, -0.15) is 0 Å². The third-order valence-corrected chi connectivity index (χ3v) is 6.49. The van der Waals surface area contributed by atoms with Gasteiger partial charge >= 0.3 is 0 Å². The molecule has 1 aliphatic heterocycles. The standard InChI is InChI=1S/C20H32O2/c1-14(7-6-10-18(2,3)21)15-8-11-19(4)13-17-20(5,22-17)12-9-16(15)19/h6-7,10,15-17,21H,8-9,11-13H2,1-5H3/b10-6-,14-7-/t15-,16-,17-,19+,20+/m0/s1. The zero-order chi connectivity index (χ0) is 16.2. The third-order valence-electron chi connectivity index (χ3n) is 6.49. The van der Waals surface area contributed by atoms with Crippen molar-refractivity contribution in [1.82, 2.24) is 0 Å². The van der Waals surface area contributed by atoms with Crippen LogP contribution in [-0.2, 0) is 4.74 Å². The first-order valence-electron chi connectivity index (χ1n) is 8.89. The molecule has 1 N–H and O–H groups in total. The Morgan fingerprint density at radius 1 is 1.23 bits per heavy atom. The molecule has 0 amide bonds. The number of aliphatic hydroxyl groups is 1. The summed E-state index contributed by atoms with van der Waals surface area (Å²) in [5.74, 6) is 1.50. The number of rotatable bonds is 3. The van der Waals surface area contributed by atoms with Crippen molar-refractivity contribution >= 4 is 0 Å². The van der Waals surface area contributed by atoms with Gasteiger partial charge in [0.2, 0.25) is 0 Å². The maximum atomic E-state index is 9.79. The summed E-state index contributed by atoms with van der Waals surface area (Å²) in [6.07, 6.45) is 13.1. The van der Waals surface area contributed by atoms with Crippen molar-refractivity contribution in [3.63, 3.8) is 0 Å². The quantitative estimate of drug-likeness (QED) is 0.609. The first-order valence-corrected chi connectivity index (χ1v) is 8.89. The lowest BCUT2D eigenvalue weighted by atomic mass is 9.72. The van der Waals surface area contributed by atoms with Gasteiger partial charge in [0.05, 0.1) is 17.3 Å². The molecule has 0 aromatic heterocycles. The normalized spacial score (nSPS) is 45.5. The minimum atomic E-state index is -0.726. The molecule has 3 rings (SSSR count). The molecule has 0 aromatic carbocycles. The smallest absolute Gasteiger partial charge is 0.0920 e. The number of epoxide rings is 1. The van der Waals surface area contributed by atoms with Crippen molar-refractivity contribution in [2.24, 2.45) is 17.3 Å². The van der Waals surface area contributed by atoms with Crippen LogP contribution in [-0.4, -0.2) is 22.4 Å². The van der Waals surface area contributed by atoms with Crippen molar-refractivity contribution in [3.05, 3.63) is 23.8 Å². The van der Waals surface area contributed by atoms with Crippen LogP contribution in [0.15, 0.2) is 23.8 Å². The number of allylic oxidation sites excluding steroid dienone is 3. The first-order chi connectivity index (χ1) is 10.1. The Kier molecular flexibility index (Phi) is 3.85. The molecule has 1 saturated heterocycles. The molecule has 0 spiro atoms. The predicted octanol–water partition coefficient (Wildman–Crippen LogP) is 4.63. The monoisotopic (exact) mass is 304 g/mol. The molecule has 0 aromatic rings. The van der Waals surface area contributed by atoms with E-state index < -0.39 is 5.60 Å². The number of hydrogen-bond acceptors (Lipinski definition) is 2. The second kappa shape index (κ2) is 5.21. The summed E-state index contributed by atoms with van der Waals surface area (Å²) in [4.78, 5) is 0. The van der Waals surface area contributed by atoms with E-state index in [0.29, 0.717) is 17.4 Å².